The number of esters is 1. The number of rotatable bonds is 7. The fourth-order valence-corrected chi connectivity index (χ4v) is 6.06. The molecule has 4 aromatic rings. The zero-order chi connectivity index (χ0) is 27.8. The molecule has 2 fully saturated rings. The minimum absolute atomic E-state index is 0.0112. The average Bonchev–Trinajstić information content (AvgIpc) is 3.66. The maximum absolute atomic E-state index is 14.4. The van der Waals surface area contributed by atoms with Gasteiger partial charge >= 0.3 is 5.97 Å². The summed E-state index contributed by atoms with van der Waals surface area (Å²) < 4.78 is 33.4. The molecule has 2 atom stereocenters. The molecule has 1 aromatic carbocycles. The molecule has 1 saturated carbocycles. The molecule has 0 N–H and O–H groups in total. The van der Waals surface area contributed by atoms with Gasteiger partial charge in [0.15, 0.2) is 5.58 Å². The van der Waals surface area contributed by atoms with Crippen LogP contribution in [0.15, 0.2) is 47.1 Å². The van der Waals surface area contributed by atoms with Crippen LogP contribution in [0.3, 0.4) is 0 Å². The molecule has 6 rings (SSSR count). The van der Waals surface area contributed by atoms with E-state index in [9.17, 15) is 14.0 Å². The lowest BCUT2D eigenvalue weighted by molar-refractivity contribution is -0.148. The SMILES string of the molecule is COC(=O)C1CCC(OC[C@@H]2C[C@H](F)CN2C(=O)Cc2ccc3nc(-c4cn(C)c5ncccc45)oc3c2)CC1. The molecule has 2 aliphatic rings. The highest BCUT2D eigenvalue weighted by Gasteiger charge is 2.36. The van der Waals surface area contributed by atoms with E-state index in [0.717, 1.165) is 47.8 Å². The lowest BCUT2D eigenvalue weighted by atomic mass is 9.87. The summed E-state index contributed by atoms with van der Waals surface area (Å²) in [5.74, 6) is 0.112. The number of hydrogen-bond donors (Lipinski definition) is 0. The third-order valence-electron chi connectivity index (χ3n) is 8.19. The van der Waals surface area contributed by atoms with Gasteiger partial charge in [-0.1, -0.05) is 6.07 Å². The van der Waals surface area contributed by atoms with Crippen LogP contribution in [-0.4, -0.2) is 69.9 Å². The van der Waals surface area contributed by atoms with Crippen molar-refractivity contribution in [2.75, 3.05) is 20.3 Å². The largest absolute Gasteiger partial charge is 0.469 e. The van der Waals surface area contributed by atoms with Gasteiger partial charge < -0.3 is 23.4 Å². The van der Waals surface area contributed by atoms with Crippen LogP contribution in [0.4, 0.5) is 4.39 Å². The molecule has 1 aliphatic carbocycles. The van der Waals surface area contributed by atoms with Gasteiger partial charge in [-0.3, -0.25) is 9.59 Å². The van der Waals surface area contributed by atoms with Crippen molar-refractivity contribution < 1.29 is 27.9 Å². The summed E-state index contributed by atoms with van der Waals surface area (Å²) >= 11 is 0. The van der Waals surface area contributed by atoms with Crippen molar-refractivity contribution in [2.24, 2.45) is 13.0 Å². The molecule has 0 unspecified atom stereocenters. The van der Waals surface area contributed by atoms with E-state index in [-0.39, 0.29) is 49.3 Å². The monoisotopic (exact) mass is 548 g/mol. The second-order valence-electron chi connectivity index (χ2n) is 10.9. The molecular formula is C30H33FN4O5. The first-order valence-electron chi connectivity index (χ1n) is 13.8. The molecule has 9 nitrogen and oxygen atoms in total. The van der Waals surface area contributed by atoms with Crippen LogP contribution in [0.5, 0.6) is 0 Å². The Kier molecular flexibility index (Phi) is 7.27. The topological polar surface area (TPSA) is 99.7 Å². The highest BCUT2D eigenvalue weighted by Crippen LogP contribution is 2.32. The van der Waals surface area contributed by atoms with Crippen molar-refractivity contribution >= 4 is 34.0 Å². The first-order chi connectivity index (χ1) is 19.4. The molecule has 0 spiro atoms. The Bertz CT molecular complexity index is 1540. The van der Waals surface area contributed by atoms with Gasteiger partial charge in [0.05, 0.1) is 50.3 Å². The van der Waals surface area contributed by atoms with E-state index in [1.807, 2.05) is 48.1 Å². The number of carbonyl (C=O) groups is 2. The number of alkyl halides is 1. The summed E-state index contributed by atoms with van der Waals surface area (Å²) in [7, 11) is 3.34. The van der Waals surface area contributed by atoms with Crippen LogP contribution in [-0.2, 0) is 32.5 Å². The van der Waals surface area contributed by atoms with E-state index in [0.29, 0.717) is 23.6 Å². The molecule has 10 heteroatoms. The number of oxazole rings is 1. The summed E-state index contributed by atoms with van der Waals surface area (Å²) in [6.07, 6.45) is 6.01. The maximum Gasteiger partial charge on any atom is 0.308 e. The number of aromatic nitrogens is 3. The molecule has 210 valence electrons. The van der Waals surface area contributed by atoms with Gasteiger partial charge in [0.2, 0.25) is 11.8 Å². The molecule has 4 heterocycles. The molecule has 3 aromatic heterocycles. The summed E-state index contributed by atoms with van der Waals surface area (Å²) in [5.41, 5.74) is 3.77. The number of aryl methyl sites for hydroxylation is 1. The number of nitrogens with zero attached hydrogens (tertiary/aromatic N) is 4. The van der Waals surface area contributed by atoms with Crippen molar-refractivity contribution in [1.29, 1.82) is 0 Å². The van der Waals surface area contributed by atoms with Crippen LogP contribution in [0.25, 0.3) is 33.6 Å². The Hall–Kier alpha value is -3.79. The smallest absolute Gasteiger partial charge is 0.308 e. The predicted molar refractivity (Wildman–Crippen MR) is 146 cm³/mol. The molecule has 1 saturated heterocycles. The number of ether oxygens (including phenoxy) is 2. The number of fused-ring (bicyclic) bond motifs is 2. The molecule has 40 heavy (non-hydrogen) atoms. The van der Waals surface area contributed by atoms with E-state index in [4.69, 9.17) is 13.9 Å². The maximum atomic E-state index is 14.4. The summed E-state index contributed by atoms with van der Waals surface area (Å²) in [6.45, 7) is 0.371. The number of halogens is 1. The Labute approximate surface area is 231 Å². The van der Waals surface area contributed by atoms with Crippen molar-refractivity contribution in [3.05, 3.63) is 48.3 Å². The highest BCUT2D eigenvalue weighted by atomic mass is 19.1. The Balaban J connectivity index is 1.11. The van der Waals surface area contributed by atoms with Crippen LogP contribution < -0.4 is 0 Å². The first-order valence-corrected chi connectivity index (χ1v) is 13.8. The number of hydrogen-bond acceptors (Lipinski definition) is 7. The van der Waals surface area contributed by atoms with Gasteiger partial charge in [0.1, 0.15) is 17.3 Å². The Morgan fingerprint density at radius 1 is 1.18 bits per heavy atom. The first kappa shape index (κ1) is 26.4. The predicted octanol–water partition coefficient (Wildman–Crippen LogP) is 4.61. The molecule has 1 aliphatic heterocycles. The van der Waals surface area contributed by atoms with Crippen molar-refractivity contribution in [3.63, 3.8) is 0 Å². The Morgan fingerprint density at radius 3 is 2.80 bits per heavy atom. The van der Waals surface area contributed by atoms with Crippen molar-refractivity contribution in [2.45, 2.75) is 56.8 Å². The lowest BCUT2D eigenvalue weighted by Crippen LogP contribution is -2.40. The van der Waals surface area contributed by atoms with E-state index < -0.39 is 6.17 Å². The van der Waals surface area contributed by atoms with E-state index in [2.05, 4.69) is 9.97 Å². The number of pyridine rings is 1. The molecule has 0 bridgehead atoms. The number of carbonyl (C=O) groups excluding carboxylic acids is 2. The van der Waals surface area contributed by atoms with E-state index in [1.165, 1.54) is 7.11 Å². The van der Waals surface area contributed by atoms with Crippen LogP contribution in [0.1, 0.15) is 37.7 Å². The minimum Gasteiger partial charge on any atom is -0.469 e. The summed E-state index contributed by atoms with van der Waals surface area (Å²) in [6, 6.07) is 9.11. The minimum atomic E-state index is -1.07. The number of amides is 1. The van der Waals surface area contributed by atoms with E-state index >= 15 is 0 Å². The zero-order valence-electron chi connectivity index (χ0n) is 22.7. The summed E-state index contributed by atoms with van der Waals surface area (Å²) in [4.78, 5) is 35.8. The zero-order valence-corrected chi connectivity index (χ0v) is 22.7. The number of benzene rings is 1. The second-order valence-corrected chi connectivity index (χ2v) is 10.9. The number of methoxy groups -OCH3 is 1. The highest BCUT2D eigenvalue weighted by molar-refractivity contribution is 5.93. The Morgan fingerprint density at radius 2 is 2.00 bits per heavy atom. The third-order valence-corrected chi connectivity index (χ3v) is 8.19. The van der Waals surface area contributed by atoms with Gasteiger partial charge in [-0.15, -0.1) is 0 Å². The van der Waals surface area contributed by atoms with E-state index in [1.54, 1.807) is 11.1 Å². The van der Waals surface area contributed by atoms with Gasteiger partial charge in [0.25, 0.3) is 0 Å². The van der Waals surface area contributed by atoms with Crippen LogP contribution in [0, 0.1) is 5.92 Å². The van der Waals surface area contributed by atoms with Gasteiger partial charge in [0, 0.05) is 31.2 Å². The van der Waals surface area contributed by atoms with Gasteiger partial charge in [-0.2, -0.15) is 0 Å². The second kappa shape index (κ2) is 11.0. The van der Waals surface area contributed by atoms with Crippen LogP contribution in [0.2, 0.25) is 0 Å². The van der Waals surface area contributed by atoms with Crippen molar-refractivity contribution in [1.82, 2.24) is 19.4 Å². The molecular weight excluding hydrogens is 515 g/mol. The van der Waals surface area contributed by atoms with Crippen LogP contribution >= 0.6 is 0 Å². The quantitative estimate of drug-likeness (QED) is 0.311. The van der Waals surface area contributed by atoms with Gasteiger partial charge in [-0.25, -0.2) is 14.4 Å². The average molecular weight is 549 g/mol. The van der Waals surface area contributed by atoms with Gasteiger partial charge in [-0.05, 0) is 55.5 Å². The third kappa shape index (κ3) is 5.20. The standard InChI is InChI=1S/C30H33FN4O5/c1-34-16-24(23-4-3-11-32-28(23)34)29-33-25-10-5-18(12-26(25)40-29)13-27(36)35-15-20(31)14-21(35)17-39-22-8-6-19(7-9-22)30(37)38-2/h3-5,10-12,16,19-22H,6-9,13-15,17H2,1-2H3/t19?,20-,21-,22?/m0/s1. The fourth-order valence-electron chi connectivity index (χ4n) is 6.06. The fraction of sp³-hybridized carbons (Fsp3) is 0.467. The normalized spacial score (nSPS) is 23.2. The summed E-state index contributed by atoms with van der Waals surface area (Å²) in [5, 5.41) is 0.950. The number of likely N-dealkylation sites (tertiary alicyclic amines) is 1. The lowest BCUT2D eigenvalue weighted by Gasteiger charge is -2.30. The van der Waals surface area contributed by atoms with Crippen molar-refractivity contribution in [3.8, 4) is 11.5 Å². The molecule has 0 radical (unpaired) electrons. The molecule has 1 amide bonds.